The molecule has 0 amide bonds. The molecule has 1 aromatic rings. The van der Waals surface area contributed by atoms with Gasteiger partial charge in [-0.25, -0.2) is 0 Å². The lowest BCUT2D eigenvalue weighted by Crippen LogP contribution is -2.08. The van der Waals surface area contributed by atoms with E-state index >= 15 is 0 Å². The van der Waals surface area contributed by atoms with Crippen LogP contribution in [0.4, 0.5) is 0 Å². The average Bonchev–Trinajstić information content (AvgIpc) is 2.43. The van der Waals surface area contributed by atoms with Crippen LogP contribution in [-0.2, 0) is 9.53 Å². The van der Waals surface area contributed by atoms with Crippen LogP contribution in [0.3, 0.4) is 0 Å². The third-order valence-corrected chi connectivity index (χ3v) is 2.51. The van der Waals surface area contributed by atoms with E-state index in [-0.39, 0.29) is 24.6 Å². The first-order valence-electron chi connectivity index (χ1n) is 6.59. The van der Waals surface area contributed by atoms with Gasteiger partial charge in [0.15, 0.2) is 5.78 Å². The van der Waals surface area contributed by atoms with Crippen LogP contribution in [-0.4, -0.2) is 25.0 Å². The minimum absolute atomic E-state index is 0.0601. The second-order valence-corrected chi connectivity index (χ2v) is 4.10. The van der Waals surface area contributed by atoms with Gasteiger partial charge in [0.05, 0.1) is 19.6 Å². The van der Waals surface area contributed by atoms with Gasteiger partial charge in [0.2, 0.25) is 0 Å². The molecule has 0 radical (unpaired) electrons. The van der Waals surface area contributed by atoms with E-state index in [0.717, 1.165) is 12.2 Å². The Labute approximate surface area is 113 Å². The van der Waals surface area contributed by atoms with Crippen molar-refractivity contribution in [1.82, 2.24) is 0 Å². The molecule has 0 aliphatic rings. The number of carbonyl (C=O) groups is 2. The van der Waals surface area contributed by atoms with Crippen molar-refractivity contribution in [3.8, 4) is 5.75 Å². The van der Waals surface area contributed by atoms with Crippen molar-refractivity contribution in [2.45, 2.75) is 33.1 Å². The van der Waals surface area contributed by atoms with Crippen molar-refractivity contribution in [3.63, 3.8) is 0 Å². The van der Waals surface area contributed by atoms with E-state index in [1.165, 1.54) is 0 Å². The topological polar surface area (TPSA) is 52.6 Å². The van der Waals surface area contributed by atoms with Crippen LogP contribution >= 0.6 is 0 Å². The number of carbonyl (C=O) groups excluding carboxylic acids is 2. The van der Waals surface area contributed by atoms with Gasteiger partial charge in [0.1, 0.15) is 5.75 Å². The largest absolute Gasteiger partial charge is 0.494 e. The van der Waals surface area contributed by atoms with Crippen LogP contribution in [0.15, 0.2) is 24.3 Å². The molecular weight excluding hydrogens is 244 g/mol. The molecule has 19 heavy (non-hydrogen) atoms. The second kappa shape index (κ2) is 8.29. The van der Waals surface area contributed by atoms with Gasteiger partial charge in [-0.05, 0) is 37.6 Å². The number of Topliss-reactive ketones (excluding diaryl/α,β-unsaturated/α-hetero) is 1. The number of hydrogen-bond acceptors (Lipinski definition) is 4. The third kappa shape index (κ3) is 5.55. The van der Waals surface area contributed by atoms with Crippen molar-refractivity contribution < 1.29 is 19.1 Å². The Balaban J connectivity index is 2.46. The first-order chi connectivity index (χ1) is 9.17. The number of esters is 1. The van der Waals surface area contributed by atoms with E-state index in [0.29, 0.717) is 18.8 Å². The Bertz CT molecular complexity index is 409. The Morgan fingerprint density at radius 2 is 1.74 bits per heavy atom. The van der Waals surface area contributed by atoms with Gasteiger partial charge in [-0.3, -0.25) is 9.59 Å². The summed E-state index contributed by atoms with van der Waals surface area (Å²) in [4.78, 5) is 23.0. The fraction of sp³-hybridized carbons (Fsp3) is 0.467. The number of ketones is 1. The molecule has 0 bridgehead atoms. The van der Waals surface area contributed by atoms with Gasteiger partial charge in [-0.2, -0.15) is 0 Å². The molecule has 0 N–H and O–H groups in total. The molecule has 1 rings (SSSR count). The maximum absolute atomic E-state index is 11.8. The molecule has 0 aliphatic carbocycles. The molecule has 0 saturated heterocycles. The first-order valence-corrected chi connectivity index (χ1v) is 6.59. The third-order valence-electron chi connectivity index (χ3n) is 2.51. The maximum Gasteiger partial charge on any atom is 0.306 e. The highest BCUT2D eigenvalue weighted by atomic mass is 16.5. The van der Waals surface area contributed by atoms with Gasteiger partial charge >= 0.3 is 5.97 Å². The van der Waals surface area contributed by atoms with Crippen molar-refractivity contribution in [1.29, 1.82) is 0 Å². The lowest BCUT2D eigenvalue weighted by atomic mass is 10.1. The Kier molecular flexibility index (Phi) is 6.64. The Morgan fingerprint density at radius 3 is 2.32 bits per heavy atom. The zero-order valence-electron chi connectivity index (χ0n) is 11.5. The van der Waals surface area contributed by atoms with Gasteiger partial charge in [-0.1, -0.05) is 6.92 Å². The lowest BCUT2D eigenvalue weighted by molar-refractivity contribution is -0.143. The standard InChI is InChI=1S/C15H20O4/c1-3-11-19-13-7-5-12(6-8-13)14(16)9-10-15(17)18-4-2/h5-8H,3-4,9-11H2,1-2H3. The minimum atomic E-state index is -0.334. The summed E-state index contributed by atoms with van der Waals surface area (Å²) in [5.41, 5.74) is 0.591. The molecular formula is C15H20O4. The molecule has 104 valence electrons. The molecule has 4 nitrogen and oxygen atoms in total. The Morgan fingerprint density at radius 1 is 1.05 bits per heavy atom. The molecule has 4 heteroatoms. The van der Waals surface area contributed by atoms with E-state index in [2.05, 4.69) is 0 Å². The number of hydrogen-bond donors (Lipinski definition) is 0. The van der Waals surface area contributed by atoms with Crippen LogP contribution in [0.1, 0.15) is 43.5 Å². The Hall–Kier alpha value is -1.84. The smallest absolute Gasteiger partial charge is 0.306 e. The summed E-state index contributed by atoms with van der Waals surface area (Å²) in [7, 11) is 0. The molecule has 0 aliphatic heterocycles. The summed E-state index contributed by atoms with van der Waals surface area (Å²) < 4.78 is 10.2. The monoisotopic (exact) mass is 264 g/mol. The SMILES string of the molecule is CCCOc1ccc(C(=O)CCC(=O)OCC)cc1. The highest BCUT2D eigenvalue weighted by Gasteiger charge is 2.09. The van der Waals surface area contributed by atoms with E-state index in [1.807, 2.05) is 6.92 Å². The van der Waals surface area contributed by atoms with Gasteiger partial charge in [0.25, 0.3) is 0 Å². The summed E-state index contributed by atoms with van der Waals surface area (Å²) in [6.07, 6.45) is 1.25. The molecule has 0 spiro atoms. The fourth-order valence-corrected chi connectivity index (χ4v) is 1.55. The summed E-state index contributed by atoms with van der Waals surface area (Å²) in [5.74, 6) is 0.359. The first kappa shape index (κ1) is 15.2. The van der Waals surface area contributed by atoms with E-state index in [9.17, 15) is 9.59 Å². The summed E-state index contributed by atoms with van der Waals surface area (Å²) in [6.45, 7) is 4.79. The summed E-state index contributed by atoms with van der Waals surface area (Å²) in [6, 6.07) is 6.98. The van der Waals surface area contributed by atoms with Gasteiger partial charge in [-0.15, -0.1) is 0 Å². The molecule has 0 aromatic heterocycles. The van der Waals surface area contributed by atoms with Gasteiger partial charge in [0, 0.05) is 12.0 Å². The number of ether oxygens (including phenoxy) is 2. The molecule has 1 aromatic carbocycles. The van der Waals surface area contributed by atoms with E-state index in [1.54, 1.807) is 31.2 Å². The average molecular weight is 264 g/mol. The molecule has 0 saturated carbocycles. The van der Waals surface area contributed by atoms with Crippen LogP contribution < -0.4 is 4.74 Å². The van der Waals surface area contributed by atoms with E-state index in [4.69, 9.17) is 9.47 Å². The number of rotatable bonds is 8. The highest BCUT2D eigenvalue weighted by molar-refractivity contribution is 5.97. The predicted molar refractivity (Wildman–Crippen MR) is 72.4 cm³/mol. The molecule has 0 heterocycles. The second-order valence-electron chi connectivity index (χ2n) is 4.10. The van der Waals surface area contributed by atoms with Crippen LogP contribution in [0.5, 0.6) is 5.75 Å². The van der Waals surface area contributed by atoms with Crippen molar-refractivity contribution >= 4 is 11.8 Å². The fourth-order valence-electron chi connectivity index (χ4n) is 1.55. The van der Waals surface area contributed by atoms with Crippen molar-refractivity contribution in [2.75, 3.05) is 13.2 Å². The predicted octanol–water partition coefficient (Wildman–Crippen LogP) is 3.00. The number of benzene rings is 1. The normalized spacial score (nSPS) is 10.0. The van der Waals surface area contributed by atoms with Crippen LogP contribution in [0, 0.1) is 0 Å². The quantitative estimate of drug-likeness (QED) is 0.535. The summed E-state index contributed by atoms with van der Waals surface area (Å²) >= 11 is 0. The van der Waals surface area contributed by atoms with E-state index < -0.39 is 0 Å². The maximum atomic E-state index is 11.8. The van der Waals surface area contributed by atoms with Crippen LogP contribution in [0.25, 0.3) is 0 Å². The minimum Gasteiger partial charge on any atom is -0.494 e. The summed E-state index contributed by atoms with van der Waals surface area (Å²) in [5, 5.41) is 0. The zero-order valence-corrected chi connectivity index (χ0v) is 11.5. The molecule has 0 fully saturated rings. The lowest BCUT2D eigenvalue weighted by Gasteiger charge is -2.05. The van der Waals surface area contributed by atoms with Crippen molar-refractivity contribution in [3.05, 3.63) is 29.8 Å². The highest BCUT2D eigenvalue weighted by Crippen LogP contribution is 2.14. The van der Waals surface area contributed by atoms with Crippen LogP contribution in [0.2, 0.25) is 0 Å². The van der Waals surface area contributed by atoms with Crippen molar-refractivity contribution in [2.24, 2.45) is 0 Å². The molecule has 0 atom stereocenters. The van der Waals surface area contributed by atoms with Gasteiger partial charge < -0.3 is 9.47 Å². The molecule has 0 unspecified atom stereocenters. The zero-order chi connectivity index (χ0) is 14.1.